The standard InChI is InChI=1S/C16H15N3O/c1-12-14(8-5-10-17-12)16(20)15-9-11-18-19(15)13-6-3-2-4-7-13/h2-11,16,20H,1H3. The molecule has 1 N–H and O–H groups in total. The van der Waals surface area contributed by atoms with Gasteiger partial charge in [0.2, 0.25) is 0 Å². The van der Waals surface area contributed by atoms with Crippen LogP contribution in [0.2, 0.25) is 0 Å². The number of aliphatic hydroxyl groups excluding tert-OH is 1. The summed E-state index contributed by atoms with van der Waals surface area (Å²) in [5.41, 5.74) is 3.27. The van der Waals surface area contributed by atoms with Crippen molar-refractivity contribution in [2.45, 2.75) is 13.0 Å². The first kappa shape index (κ1) is 12.6. The van der Waals surface area contributed by atoms with E-state index in [4.69, 9.17) is 0 Å². The largest absolute Gasteiger partial charge is 0.382 e. The van der Waals surface area contributed by atoms with Gasteiger partial charge in [-0.05, 0) is 31.2 Å². The van der Waals surface area contributed by atoms with Gasteiger partial charge in [-0.15, -0.1) is 0 Å². The fourth-order valence-corrected chi connectivity index (χ4v) is 2.25. The van der Waals surface area contributed by atoms with Gasteiger partial charge in [-0.3, -0.25) is 4.98 Å². The van der Waals surface area contributed by atoms with Gasteiger partial charge in [-0.2, -0.15) is 5.10 Å². The normalized spacial score (nSPS) is 12.3. The van der Waals surface area contributed by atoms with Crippen LogP contribution in [0.25, 0.3) is 5.69 Å². The molecule has 1 unspecified atom stereocenters. The van der Waals surface area contributed by atoms with E-state index in [1.54, 1.807) is 17.1 Å². The maximum atomic E-state index is 10.6. The molecule has 0 fully saturated rings. The highest BCUT2D eigenvalue weighted by Crippen LogP contribution is 2.25. The molecular weight excluding hydrogens is 250 g/mol. The van der Waals surface area contributed by atoms with Crippen molar-refractivity contribution in [3.05, 3.63) is 77.9 Å². The van der Waals surface area contributed by atoms with Crippen molar-refractivity contribution in [2.75, 3.05) is 0 Å². The molecule has 0 bridgehead atoms. The van der Waals surface area contributed by atoms with E-state index in [2.05, 4.69) is 10.1 Å². The SMILES string of the molecule is Cc1ncccc1C(O)c1ccnn1-c1ccccc1. The van der Waals surface area contributed by atoms with E-state index >= 15 is 0 Å². The molecule has 1 aromatic carbocycles. The van der Waals surface area contributed by atoms with E-state index in [9.17, 15) is 5.11 Å². The third-order valence-corrected chi connectivity index (χ3v) is 3.30. The Kier molecular flexibility index (Phi) is 3.31. The maximum Gasteiger partial charge on any atom is 0.123 e. The summed E-state index contributed by atoms with van der Waals surface area (Å²) in [7, 11) is 0. The number of benzene rings is 1. The van der Waals surface area contributed by atoms with Crippen LogP contribution < -0.4 is 0 Å². The Balaban J connectivity index is 2.04. The molecule has 4 nitrogen and oxygen atoms in total. The van der Waals surface area contributed by atoms with Gasteiger partial charge in [-0.25, -0.2) is 4.68 Å². The Morgan fingerprint density at radius 2 is 1.80 bits per heavy atom. The lowest BCUT2D eigenvalue weighted by Gasteiger charge is -2.15. The minimum absolute atomic E-state index is 0.729. The second kappa shape index (κ2) is 5.27. The summed E-state index contributed by atoms with van der Waals surface area (Å²) in [6, 6.07) is 15.3. The van der Waals surface area contributed by atoms with Crippen LogP contribution >= 0.6 is 0 Å². The summed E-state index contributed by atoms with van der Waals surface area (Å²) in [6.45, 7) is 1.89. The first-order chi connectivity index (χ1) is 9.77. The molecular formula is C16H15N3O. The third-order valence-electron chi connectivity index (χ3n) is 3.30. The molecule has 0 saturated carbocycles. The number of rotatable bonds is 3. The van der Waals surface area contributed by atoms with Crippen LogP contribution in [-0.4, -0.2) is 19.9 Å². The number of hydrogen-bond donors (Lipinski definition) is 1. The lowest BCUT2D eigenvalue weighted by atomic mass is 10.1. The summed E-state index contributed by atoms with van der Waals surface area (Å²) < 4.78 is 1.75. The molecule has 4 heteroatoms. The summed E-state index contributed by atoms with van der Waals surface area (Å²) in [6.07, 6.45) is 2.67. The number of nitrogens with zero attached hydrogens (tertiary/aromatic N) is 3. The van der Waals surface area contributed by atoms with Crippen molar-refractivity contribution in [1.29, 1.82) is 0 Å². The minimum atomic E-state index is -0.744. The Morgan fingerprint density at radius 1 is 1.00 bits per heavy atom. The van der Waals surface area contributed by atoms with E-state index in [-0.39, 0.29) is 0 Å². The smallest absolute Gasteiger partial charge is 0.123 e. The fourth-order valence-electron chi connectivity index (χ4n) is 2.25. The monoisotopic (exact) mass is 265 g/mol. The highest BCUT2D eigenvalue weighted by molar-refractivity contribution is 5.36. The summed E-state index contributed by atoms with van der Waals surface area (Å²) in [5.74, 6) is 0. The van der Waals surface area contributed by atoms with Gasteiger partial charge in [0, 0.05) is 23.7 Å². The van der Waals surface area contributed by atoms with Crippen LogP contribution in [0.3, 0.4) is 0 Å². The lowest BCUT2D eigenvalue weighted by molar-refractivity contribution is 0.210. The van der Waals surface area contributed by atoms with Crippen molar-refractivity contribution in [3.8, 4) is 5.69 Å². The molecule has 0 radical (unpaired) electrons. The highest BCUT2D eigenvalue weighted by atomic mass is 16.3. The number of pyridine rings is 1. The molecule has 3 aromatic rings. The van der Waals surface area contributed by atoms with E-state index < -0.39 is 6.10 Å². The van der Waals surface area contributed by atoms with Gasteiger partial charge in [0.25, 0.3) is 0 Å². The number of aliphatic hydroxyl groups is 1. The van der Waals surface area contributed by atoms with E-state index in [0.717, 1.165) is 22.6 Å². The second-order valence-corrected chi connectivity index (χ2v) is 4.58. The van der Waals surface area contributed by atoms with Gasteiger partial charge in [0.1, 0.15) is 6.10 Å². The zero-order valence-corrected chi connectivity index (χ0v) is 11.1. The molecule has 0 spiro atoms. The Labute approximate surface area is 117 Å². The lowest BCUT2D eigenvalue weighted by Crippen LogP contribution is -2.10. The molecule has 0 aliphatic carbocycles. The zero-order chi connectivity index (χ0) is 13.9. The Morgan fingerprint density at radius 3 is 2.55 bits per heavy atom. The summed E-state index contributed by atoms with van der Waals surface area (Å²) >= 11 is 0. The Hall–Kier alpha value is -2.46. The number of para-hydroxylation sites is 1. The number of aryl methyl sites for hydroxylation is 1. The molecule has 0 saturated heterocycles. The van der Waals surface area contributed by atoms with Crippen LogP contribution in [0.1, 0.15) is 23.1 Å². The third kappa shape index (κ3) is 2.21. The van der Waals surface area contributed by atoms with Gasteiger partial charge >= 0.3 is 0 Å². The summed E-state index contributed by atoms with van der Waals surface area (Å²) in [4.78, 5) is 4.22. The molecule has 1 atom stereocenters. The first-order valence-electron chi connectivity index (χ1n) is 6.46. The molecule has 100 valence electrons. The van der Waals surface area contributed by atoms with Gasteiger partial charge in [0.05, 0.1) is 11.4 Å². The van der Waals surface area contributed by atoms with Gasteiger partial charge in [0.15, 0.2) is 0 Å². The summed E-state index contributed by atoms with van der Waals surface area (Å²) in [5, 5.41) is 14.9. The zero-order valence-electron chi connectivity index (χ0n) is 11.1. The van der Waals surface area contributed by atoms with Gasteiger partial charge < -0.3 is 5.11 Å². The average Bonchev–Trinajstić information content (AvgIpc) is 2.97. The number of hydrogen-bond acceptors (Lipinski definition) is 3. The second-order valence-electron chi connectivity index (χ2n) is 4.58. The van der Waals surface area contributed by atoms with Crippen molar-refractivity contribution in [2.24, 2.45) is 0 Å². The predicted octanol–water partition coefficient (Wildman–Crippen LogP) is 2.66. The first-order valence-corrected chi connectivity index (χ1v) is 6.46. The topological polar surface area (TPSA) is 50.9 Å². The maximum absolute atomic E-state index is 10.6. The van der Waals surface area contributed by atoms with Crippen molar-refractivity contribution >= 4 is 0 Å². The van der Waals surface area contributed by atoms with Crippen LogP contribution in [0.4, 0.5) is 0 Å². The van der Waals surface area contributed by atoms with Gasteiger partial charge in [-0.1, -0.05) is 24.3 Å². The van der Waals surface area contributed by atoms with Crippen LogP contribution in [0, 0.1) is 6.92 Å². The average molecular weight is 265 g/mol. The van der Waals surface area contributed by atoms with Crippen LogP contribution in [0.5, 0.6) is 0 Å². The van der Waals surface area contributed by atoms with E-state index in [1.807, 2.05) is 55.5 Å². The fraction of sp³-hybridized carbons (Fsp3) is 0.125. The van der Waals surface area contributed by atoms with Crippen molar-refractivity contribution in [1.82, 2.24) is 14.8 Å². The predicted molar refractivity (Wildman–Crippen MR) is 76.6 cm³/mol. The van der Waals surface area contributed by atoms with E-state index in [1.165, 1.54) is 0 Å². The minimum Gasteiger partial charge on any atom is -0.382 e. The highest BCUT2D eigenvalue weighted by Gasteiger charge is 2.18. The van der Waals surface area contributed by atoms with Crippen LogP contribution in [-0.2, 0) is 0 Å². The molecule has 2 heterocycles. The van der Waals surface area contributed by atoms with Crippen molar-refractivity contribution in [3.63, 3.8) is 0 Å². The molecule has 0 amide bonds. The molecule has 2 aromatic heterocycles. The number of aromatic nitrogens is 3. The van der Waals surface area contributed by atoms with Crippen LogP contribution in [0.15, 0.2) is 60.9 Å². The molecule has 0 aliphatic heterocycles. The quantitative estimate of drug-likeness (QED) is 0.792. The Bertz CT molecular complexity index is 707. The van der Waals surface area contributed by atoms with Crippen molar-refractivity contribution < 1.29 is 5.11 Å². The molecule has 3 rings (SSSR count). The molecule has 20 heavy (non-hydrogen) atoms. The molecule has 0 aliphatic rings. The van der Waals surface area contributed by atoms with E-state index in [0.29, 0.717) is 0 Å².